The van der Waals surface area contributed by atoms with Gasteiger partial charge in [-0.1, -0.05) is 41.9 Å². The van der Waals surface area contributed by atoms with Crippen molar-refractivity contribution in [3.8, 4) is 16.8 Å². The number of para-hydroxylation sites is 1. The SMILES string of the molecule is Cn1ccc2c(-c3cccc(-n4ccc5ccccc54)c3)c(Cl)ccc21. The van der Waals surface area contributed by atoms with E-state index in [1.807, 2.05) is 6.07 Å². The molecule has 0 spiro atoms. The van der Waals surface area contributed by atoms with E-state index in [-0.39, 0.29) is 0 Å². The predicted molar refractivity (Wildman–Crippen MR) is 110 cm³/mol. The zero-order chi connectivity index (χ0) is 17.7. The lowest BCUT2D eigenvalue weighted by atomic mass is 10.0. The fraction of sp³-hybridized carbons (Fsp3) is 0.0435. The normalized spacial score (nSPS) is 11.5. The van der Waals surface area contributed by atoms with Gasteiger partial charge < -0.3 is 9.13 Å². The molecule has 0 fully saturated rings. The van der Waals surface area contributed by atoms with Crippen LogP contribution >= 0.6 is 11.6 Å². The van der Waals surface area contributed by atoms with Crippen molar-refractivity contribution in [1.29, 1.82) is 0 Å². The lowest BCUT2D eigenvalue weighted by Crippen LogP contribution is -1.93. The second kappa shape index (κ2) is 5.79. The smallest absolute Gasteiger partial charge is 0.0528 e. The lowest BCUT2D eigenvalue weighted by Gasteiger charge is -2.11. The zero-order valence-corrected chi connectivity index (χ0v) is 15.1. The number of aryl methyl sites for hydroxylation is 1. The van der Waals surface area contributed by atoms with Gasteiger partial charge in [-0.2, -0.15) is 0 Å². The summed E-state index contributed by atoms with van der Waals surface area (Å²) in [7, 11) is 2.06. The highest BCUT2D eigenvalue weighted by atomic mass is 35.5. The van der Waals surface area contributed by atoms with Crippen molar-refractivity contribution in [1.82, 2.24) is 9.13 Å². The van der Waals surface area contributed by atoms with Crippen LogP contribution in [0, 0.1) is 0 Å². The van der Waals surface area contributed by atoms with Gasteiger partial charge in [0.2, 0.25) is 0 Å². The van der Waals surface area contributed by atoms with Crippen molar-refractivity contribution in [2.45, 2.75) is 0 Å². The average Bonchev–Trinajstić information content (AvgIpc) is 3.26. The topological polar surface area (TPSA) is 9.86 Å². The Morgan fingerprint density at radius 1 is 0.769 bits per heavy atom. The van der Waals surface area contributed by atoms with Crippen LogP contribution in [0.4, 0.5) is 0 Å². The minimum atomic E-state index is 0.776. The van der Waals surface area contributed by atoms with Crippen LogP contribution in [-0.2, 0) is 7.05 Å². The maximum Gasteiger partial charge on any atom is 0.0528 e. The number of benzene rings is 3. The average molecular weight is 357 g/mol. The van der Waals surface area contributed by atoms with Gasteiger partial charge in [-0.05, 0) is 53.4 Å². The number of hydrogen-bond acceptors (Lipinski definition) is 0. The third-order valence-electron chi connectivity index (χ3n) is 5.03. The van der Waals surface area contributed by atoms with Gasteiger partial charge in [0.1, 0.15) is 0 Å². The van der Waals surface area contributed by atoms with Crippen LogP contribution in [0.25, 0.3) is 38.6 Å². The van der Waals surface area contributed by atoms with Crippen molar-refractivity contribution in [2.75, 3.05) is 0 Å². The minimum Gasteiger partial charge on any atom is -0.351 e. The Morgan fingerprint density at radius 3 is 2.58 bits per heavy atom. The molecule has 5 aromatic rings. The summed E-state index contributed by atoms with van der Waals surface area (Å²) in [6.07, 6.45) is 4.20. The first-order valence-corrected chi connectivity index (χ1v) is 9.00. The van der Waals surface area contributed by atoms with E-state index < -0.39 is 0 Å². The third-order valence-corrected chi connectivity index (χ3v) is 5.34. The van der Waals surface area contributed by atoms with Crippen LogP contribution in [0.3, 0.4) is 0 Å². The molecule has 126 valence electrons. The standard InChI is InChI=1S/C23H17ClN2/c1-25-13-12-19-22(25)10-9-20(24)23(19)17-6-4-7-18(15-17)26-14-11-16-5-2-3-8-21(16)26/h2-15H,1H3. The molecule has 0 radical (unpaired) electrons. The van der Waals surface area contributed by atoms with Crippen molar-refractivity contribution in [3.05, 3.63) is 90.2 Å². The molecule has 0 N–H and O–H groups in total. The van der Waals surface area contributed by atoms with E-state index in [0.29, 0.717) is 0 Å². The number of fused-ring (bicyclic) bond motifs is 2. The summed E-state index contributed by atoms with van der Waals surface area (Å²) >= 11 is 6.60. The monoisotopic (exact) mass is 356 g/mol. The maximum atomic E-state index is 6.60. The summed E-state index contributed by atoms with van der Waals surface area (Å²) in [6, 6.07) is 25.3. The third kappa shape index (κ3) is 2.27. The summed E-state index contributed by atoms with van der Waals surface area (Å²) in [6.45, 7) is 0. The molecule has 0 aliphatic rings. The Hall–Kier alpha value is -2.97. The molecule has 0 saturated heterocycles. The van der Waals surface area contributed by atoms with E-state index in [4.69, 9.17) is 11.6 Å². The van der Waals surface area contributed by atoms with Crippen LogP contribution in [0.5, 0.6) is 0 Å². The Labute approximate surface area is 156 Å². The molecule has 0 unspecified atom stereocenters. The van der Waals surface area contributed by atoms with Crippen molar-refractivity contribution < 1.29 is 0 Å². The van der Waals surface area contributed by atoms with Crippen LogP contribution in [0.15, 0.2) is 85.2 Å². The van der Waals surface area contributed by atoms with Crippen molar-refractivity contribution in [3.63, 3.8) is 0 Å². The Balaban J connectivity index is 1.74. The van der Waals surface area contributed by atoms with E-state index in [1.165, 1.54) is 21.8 Å². The molecule has 0 aliphatic carbocycles. The van der Waals surface area contributed by atoms with Gasteiger partial charge in [0.15, 0.2) is 0 Å². The van der Waals surface area contributed by atoms with Gasteiger partial charge >= 0.3 is 0 Å². The first-order valence-electron chi connectivity index (χ1n) is 8.63. The number of halogens is 1. The molecular weight excluding hydrogens is 340 g/mol. The van der Waals surface area contributed by atoms with Crippen molar-refractivity contribution in [2.24, 2.45) is 7.05 Å². The van der Waals surface area contributed by atoms with E-state index in [0.717, 1.165) is 21.8 Å². The Kier molecular flexibility index (Phi) is 3.41. The van der Waals surface area contributed by atoms with Gasteiger partial charge in [-0.15, -0.1) is 0 Å². The molecule has 2 heterocycles. The van der Waals surface area contributed by atoms with Gasteiger partial charge in [-0.25, -0.2) is 0 Å². The number of hydrogen-bond donors (Lipinski definition) is 0. The first kappa shape index (κ1) is 15.3. The van der Waals surface area contributed by atoms with Gasteiger partial charge in [0.05, 0.1) is 5.52 Å². The van der Waals surface area contributed by atoms with Crippen LogP contribution in [0.1, 0.15) is 0 Å². The van der Waals surface area contributed by atoms with E-state index in [1.54, 1.807) is 0 Å². The quantitative estimate of drug-likeness (QED) is 0.344. The second-order valence-electron chi connectivity index (χ2n) is 6.58. The first-order chi connectivity index (χ1) is 12.7. The summed E-state index contributed by atoms with van der Waals surface area (Å²) in [5.41, 5.74) is 5.73. The molecule has 3 heteroatoms. The van der Waals surface area contributed by atoms with E-state index in [2.05, 4.69) is 95.3 Å². The Morgan fingerprint density at radius 2 is 1.65 bits per heavy atom. The number of aromatic nitrogens is 2. The van der Waals surface area contributed by atoms with Gasteiger partial charge in [-0.3, -0.25) is 0 Å². The largest absolute Gasteiger partial charge is 0.351 e. The summed E-state index contributed by atoms with van der Waals surface area (Å²) in [5.74, 6) is 0. The summed E-state index contributed by atoms with van der Waals surface area (Å²) in [5, 5.41) is 3.19. The van der Waals surface area contributed by atoms with Gasteiger partial charge in [0.25, 0.3) is 0 Å². The Bertz CT molecular complexity index is 1260. The number of nitrogens with zero attached hydrogens (tertiary/aromatic N) is 2. The maximum absolute atomic E-state index is 6.60. The molecule has 0 atom stereocenters. The molecule has 0 amide bonds. The fourth-order valence-corrected chi connectivity index (χ4v) is 4.01. The van der Waals surface area contributed by atoms with Crippen LogP contribution in [-0.4, -0.2) is 9.13 Å². The van der Waals surface area contributed by atoms with E-state index >= 15 is 0 Å². The molecule has 2 aromatic heterocycles. The summed E-state index contributed by atoms with van der Waals surface area (Å²) in [4.78, 5) is 0. The highest BCUT2D eigenvalue weighted by molar-refractivity contribution is 6.35. The van der Waals surface area contributed by atoms with Gasteiger partial charge in [0, 0.05) is 46.6 Å². The van der Waals surface area contributed by atoms with Crippen molar-refractivity contribution >= 4 is 33.4 Å². The minimum absolute atomic E-state index is 0.776. The predicted octanol–water partition coefficient (Wildman–Crippen LogP) is 6.44. The summed E-state index contributed by atoms with van der Waals surface area (Å²) < 4.78 is 4.34. The number of rotatable bonds is 2. The highest BCUT2D eigenvalue weighted by Crippen LogP contribution is 2.36. The lowest BCUT2D eigenvalue weighted by molar-refractivity contribution is 0.969. The molecule has 5 rings (SSSR count). The molecule has 0 bridgehead atoms. The fourth-order valence-electron chi connectivity index (χ4n) is 3.74. The van der Waals surface area contributed by atoms with Crippen LogP contribution < -0.4 is 0 Å². The molecule has 26 heavy (non-hydrogen) atoms. The molecule has 3 aromatic carbocycles. The highest BCUT2D eigenvalue weighted by Gasteiger charge is 2.12. The zero-order valence-electron chi connectivity index (χ0n) is 14.4. The second-order valence-corrected chi connectivity index (χ2v) is 6.98. The molecule has 0 saturated carbocycles. The van der Waals surface area contributed by atoms with Crippen LogP contribution in [0.2, 0.25) is 5.02 Å². The molecule has 2 nitrogen and oxygen atoms in total. The molecular formula is C23H17ClN2. The van der Waals surface area contributed by atoms with E-state index in [9.17, 15) is 0 Å². The molecule has 0 aliphatic heterocycles.